The number of nitrogens with two attached hydrogens (primary N) is 1. The molecule has 5 nitrogen and oxygen atoms in total. The van der Waals surface area contributed by atoms with Gasteiger partial charge in [-0.15, -0.1) is 0 Å². The number of carbonyl (C=O) groups excluding carboxylic acids is 2. The van der Waals surface area contributed by atoms with Crippen molar-refractivity contribution in [3.63, 3.8) is 0 Å². The molecule has 0 aliphatic rings. The number of para-hydroxylation sites is 1. The first-order chi connectivity index (χ1) is 12.0. The van der Waals surface area contributed by atoms with E-state index in [2.05, 4.69) is 10.3 Å². The van der Waals surface area contributed by atoms with Crippen molar-refractivity contribution in [1.82, 2.24) is 10.3 Å². The van der Waals surface area contributed by atoms with Gasteiger partial charge in [-0.2, -0.15) is 0 Å². The number of halogens is 1. The van der Waals surface area contributed by atoms with Gasteiger partial charge in [-0.1, -0.05) is 30.3 Å². The van der Waals surface area contributed by atoms with E-state index in [-0.39, 0.29) is 6.42 Å². The van der Waals surface area contributed by atoms with E-state index in [1.165, 1.54) is 18.3 Å². The van der Waals surface area contributed by atoms with Crippen LogP contribution in [0.3, 0.4) is 0 Å². The predicted octanol–water partition coefficient (Wildman–Crippen LogP) is 2.20. The van der Waals surface area contributed by atoms with Gasteiger partial charge in [0.1, 0.15) is 11.9 Å². The number of nitrogens with zero attached hydrogens (tertiary/aromatic N) is 1. The lowest BCUT2D eigenvalue weighted by Gasteiger charge is -2.16. The van der Waals surface area contributed by atoms with E-state index in [4.69, 9.17) is 5.73 Å². The van der Waals surface area contributed by atoms with Crippen LogP contribution in [0.1, 0.15) is 15.9 Å². The third kappa shape index (κ3) is 3.80. The predicted molar refractivity (Wildman–Crippen MR) is 92.3 cm³/mol. The summed E-state index contributed by atoms with van der Waals surface area (Å²) in [6, 6.07) is 13.7. The van der Waals surface area contributed by atoms with Crippen molar-refractivity contribution in [3.8, 4) is 0 Å². The molecule has 1 aromatic heterocycles. The quantitative estimate of drug-likeness (QED) is 0.748. The Bertz CT molecular complexity index is 937. The maximum absolute atomic E-state index is 13.3. The molecule has 6 heteroatoms. The molecule has 1 heterocycles. The molecular formula is C19H16FN3O2. The lowest BCUT2D eigenvalue weighted by molar-refractivity contribution is -0.119. The Labute approximate surface area is 143 Å². The van der Waals surface area contributed by atoms with Crippen molar-refractivity contribution in [2.45, 2.75) is 12.5 Å². The lowest BCUT2D eigenvalue weighted by atomic mass is 10.0. The van der Waals surface area contributed by atoms with E-state index in [0.717, 1.165) is 0 Å². The van der Waals surface area contributed by atoms with E-state index >= 15 is 0 Å². The van der Waals surface area contributed by atoms with Gasteiger partial charge in [-0.3, -0.25) is 14.6 Å². The molecule has 0 fully saturated rings. The number of nitrogens with one attached hydrogen (secondary N) is 1. The second-order valence-corrected chi connectivity index (χ2v) is 5.64. The maximum Gasteiger partial charge on any atom is 0.252 e. The summed E-state index contributed by atoms with van der Waals surface area (Å²) in [4.78, 5) is 28.5. The summed E-state index contributed by atoms with van der Waals surface area (Å²) in [5.41, 5.74) is 7.05. The molecule has 3 aromatic rings. The smallest absolute Gasteiger partial charge is 0.252 e. The van der Waals surface area contributed by atoms with Crippen LogP contribution < -0.4 is 11.1 Å². The van der Waals surface area contributed by atoms with Gasteiger partial charge < -0.3 is 11.1 Å². The molecule has 0 aliphatic heterocycles. The van der Waals surface area contributed by atoms with Crippen molar-refractivity contribution in [1.29, 1.82) is 0 Å². The molecule has 3 N–H and O–H groups in total. The van der Waals surface area contributed by atoms with Gasteiger partial charge in [-0.05, 0) is 29.8 Å². The summed E-state index contributed by atoms with van der Waals surface area (Å²) >= 11 is 0. The largest absolute Gasteiger partial charge is 0.368 e. The number of carbonyl (C=O) groups is 2. The summed E-state index contributed by atoms with van der Waals surface area (Å²) in [6.07, 6.45) is 1.64. The second-order valence-electron chi connectivity index (χ2n) is 5.64. The van der Waals surface area contributed by atoms with Crippen molar-refractivity contribution >= 4 is 22.7 Å². The zero-order valence-electron chi connectivity index (χ0n) is 13.3. The highest BCUT2D eigenvalue weighted by Crippen LogP contribution is 2.16. The Balaban J connectivity index is 1.84. The highest BCUT2D eigenvalue weighted by molar-refractivity contribution is 6.07. The molecular weight excluding hydrogens is 321 g/mol. The molecule has 25 heavy (non-hydrogen) atoms. The average Bonchev–Trinajstić information content (AvgIpc) is 2.60. The van der Waals surface area contributed by atoms with Crippen LogP contribution >= 0.6 is 0 Å². The van der Waals surface area contributed by atoms with E-state index in [1.807, 2.05) is 6.07 Å². The van der Waals surface area contributed by atoms with Crippen LogP contribution in [-0.4, -0.2) is 22.8 Å². The molecule has 0 spiro atoms. The summed E-state index contributed by atoms with van der Waals surface area (Å²) in [5.74, 6) is -1.53. The molecule has 0 unspecified atom stereocenters. The van der Waals surface area contributed by atoms with Crippen molar-refractivity contribution in [2.75, 3.05) is 0 Å². The van der Waals surface area contributed by atoms with Crippen LogP contribution in [0.25, 0.3) is 10.9 Å². The third-order valence-electron chi connectivity index (χ3n) is 3.87. The standard InChI is InChI=1S/C19H16FN3O2/c20-13-5-3-4-12(10-13)11-17(18(21)24)23-19(25)15-8-9-22-16-7-2-1-6-14(15)16/h1-10,17H,11H2,(H2,21,24)(H,23,25)/t17-/m0/s1. The first-order valence-corrected chi connectivity index (χ1v) is 7.73. The molecule has 0 saturated carbocycles. The van der Waals surface area contributed by atoms with E-state index in [1.54, 1.807) is 36.4 Å². The van der Waals surface area contributed by atoms with Crippen LogP contribution in [-0.2, 0) is 11.2 Å². The van der Waals surface area contributed by atoms with Gasteiger partial charge in [0.25, 0.3) is 5.91 Å². The van der Waals surface area contributed by atoms with Gasteiger partial charge in [0.05, 0.1) is 11.1 Å². The van der Waals surface area contributed by atoms with Crippen LogP contribution in [0.2, 0.25) is 0 Å². The molecule has 1 atom stereocenters. The average molecular weight is 337 g/mol. The molecule has 3 rings (SSSR count). The van der Waals surface area contributed by atoms with Gasteiger partial charge in [-0.25, -0.2) is 4.39 Å². The van der Waals surface area contributed by atoms with Crippen molar-refractivity contribution in [3.05, 3.63) is 77.7 Å². The normalized spacial score (nSPS) is 11.9. The van der Waals surface area contributed by atoms with Crippen LogP contribution in [0.4, 0.5) is 4.39 Å². The summed E-state index contributed by atoms with van der Waals surface area (Å²) in [5, 5.41) is 3.31. The number of amides is 2. The number of fused-ring (bicyclic) bond motifs is 1. The third-order valence-corrected chi connectivity index (χ3v) is 3.87. The minimum absolute atomic E-state index is 0.113. The Morgan fingerprint density at radius 1 is 1.12 bits per heavy atom. The minimum atomic E-state index is -0.943. The van der Waals surface area contributed by atoms with E-state index < -0.39 is 23.7 Å². The molecule has 0 radical (unpaired) electrons. The van der Waals surface area contributed by atoms with Crippen molar-refractivity contribution < 1.29 is 14.0 Å². The molecule has 0 bridgehead atoms. The summed E-state index contributed by atoms with van der Waals surface area (Å²) in [6.45, 7) is 0. The number of hydrogen-bond donors (Lipinski definition) is 2. The van der Waals surface area contributed by atoms with Gasteiger partial charge in [0, 0.05) is 18.0 Å². The van der Waals surface area contributed by atoms with Gasteiger partial charge >= 0.3 is 0 Å². The fourth-order valence-electron chi connectivity index (χ4n) is 2.65. The number of benzene rings is 2. The van der Waals surface area contributed by atoms with Crippen LogP contribution in [0, 0.1) is 5.82 Å². The SMILES string of the molecule is NC(=O)[C@H](Cc1cccc(F)c1)NC(=O)c1ccnc2ccccc12. The Morgan fingerprint density at radius 2 is 1.92 bits per heavy atom. The van der Waals surface area contributed by atoms with Gasteiger partial charge in [0.15, 0.2) is 0 Å². The van der Waals surface area contributed by atoms with Crippen LogP contribution in [0.5, 0.6) is 0 Å². The number of aromatic nitrogens is 1. The highest BCUT2D eigenvalue weighted by Gasteiger charge is 2.21. The number of rotatable bonds is 5. The fourth-order valence-corrected chi connectivity index (χ4v) is 2.65. The first kappa shape index (κ1) is 16.6. The second kappa shape index (κ2) is 7.09. The van der Waals surface area contributed by atoms with E-state index in [0.29, 0.717) is 22.0 Å². The number of primary amides is 1. The Hall–Kier alpha value is -3.28. The first-order valence-electron chi connectivity index (χ1n) is 7.73. The zero-order chi connectivity index (χ0) is 17.8. The fraction of sp³-hybridized carbons (Fsp3) is 0.105. The monoisotopic (exact) mass is 337 g/mol. The van der Waals surface area contributed by atoms with Crippen LogP contribution in [0.15, 0.2) is 60.8 Å². The lowest BCUT2D eigenvalue weighted by Crippen LogP contribution is -2.45. The number of pyridine rings is 1. The topological polar surface area (TPSA) is 85.1 Å². The van der Waals surface area contributed by atoms with E-state index in [9.17, 15) is 14.0 Å². The molecule has 2 aromatic carbocycles. The molecule has 2 amide bonds. The Kier molecular flexibility index (Phi) is 4.70. The summed E-state index contributed by atoms with van der Waals surface area (Å²) in [7, 11) is 0. The number of hydrogen-bond acceptors (Lipinski definition) is 3. The molecule has 0 aliphatic carbocycles. The highest BCUT2D eigenvalue weighted by atomic mass is 19.1. The maximum atomic E-state index is 13.3. The van der Waals surface area contributed by atoms with Gasteiger partial charge in [0.2, 0.25) is 5.91 Å². The zero-order valence-corrected chi connectivity index (χ0v) is 13.3. The minimum Gasteiger partial charge on any atom is -0.368 e. The van der Waals surface area contributed by atoms with Crippen molar-refractivity contribution in [2.24, 2.45) is 5.73 Å². The summed E-state index contributed by atoms with van der Waals surface area (Å²) < 4.78 is 13.3. The Morgan fingerprint density at radius 3 is 2.68 bits per heavy atom. The molecule has 126 valence electrons. The molecule has 0 saturated heterocycles.